The first-order chi connectivity index (χ1) is 15.1. The van der Waals surface area contributed by atoms with Crippen LogP contribution in [0, 0.1) is 0 Å². The average Bonchev–Trinajstić information content (AvgIpc) is 3.20. The van der Waals surface area contributed by atoms with Gasteiger partial charge in [0.05, 0.1) is 43.4 Å². The van der Waals surface area contributed by atoms with Crippen molar-refractivity contribution < 1.29 is 23.9 Å². The molecule has 0 bridgehead atoms. The minimum atomic E-state index is -0.501. The molecule has 1 aliphatic rings. The molecule has 1 aromatic heterocycles. The fourth-order valence-electron chi connectivity index (χ4n) is 3.50. The SMILES string of the molecule is COC(=O)N1c2ccc(-c3cnn(CC(=O)N(C)C)c3)cc2N(C(=O)OC(C)C)CC1C. The van der Waals surface area contributed by atoms with Crippen molar-refractivity contribution in [2.24, 2.45) is 0 Å². The second kappa shape index (κ2) is 9.29. The highest BCUT2D eigenvalue weighted by Gasteiger charge is 2.36. The van der Waals surface area contributed by atoms with Crippen molar-refractivity contribution in [1.82, 2.24) is 14.7 Å². The van der Waals surface area contributed by atoms with Crippen LogP contribution in [-0.4, -0.2) is 72.7 Å². The predicted molar refractivity (Wildman–Crippen MR) is 120 cm³/mol. The van der Waals surface area contributed by atoms with Gasteiger partial charge in [-0.2, -0.15) is 5.10 Å². The van der Waals surface area contributed by atoms with E-state index in [9.17, 15) is 14.4 Å². The number of rotatable bonds is 4. The second-order valence-corrected chi connectivity index (χ2v) is 8.15. The molecule has 0 saturated heterocycles. The summed E-state index contributed by atoms with van der Waals surface area (Å²) < 4.78 is 11.9. The summed E-state index contributed by atoms with van der Waals surface area (Å²) in [6.45, 7) is 5.79. The molecule has 10 heteroatoms. The molecule has 2 aromatic rings. The molecular formula is C22H29N5O5. The number of aromatic nitrogens is 2. The van der Waals surface area contributed by atoms with Gasteiger partial charge in [0, 0.05) is 25.9 Å². The summed E-state index contributed by atoms with van der Waals surface area (Å²) in [5.41, 5.74) is 2.65. The van der Waals surface area contributed by atoms with Crippen molar-refractivity contribution in [1.29, 1.82) is 0 Å². The molecule has 3 amide bonds. The lowest BCUT2D eigenvalue weighted by atomic mass is 10.0. The number of fused-ring (bicyclic) bond motifs is 1. The van der Waals surface area contributed by atoms with Crippen LogP contribution in [0.5, 0.6) is 0 Å². The monoisotopic (exact) mass is 443 g/mol. The second-order valence-electron chi connectivity index (χ2n) is 8.15. The number of methoxy groups -OCH3 is 1. The van der Waals surface area contributed by atoms with E-state index in [0.29, 0.717) is 11.4 Å². The summed E-state index contributed by atoms with van der Waals surface area (Å²) in [6.07, 6.45) is 2.16. The normalized spacial score (nSPS) is 15.4. The third-order valence-electron chi connectivity index (χ3n) is 5.10. The molecule has 0 fully saturated rings. The number of benzene rings is 1. The lowest BCUT2D eigenvalue weighted by Crippen LogP contribution is -2.52. The molecule has 0 aliphatic carbocycles. The van der Waals surface area contributed by atoms with Gasteiger partial charge in [0.15, 0.2) is 0 Å². The minimum absolute atomic E-state index is 0.0737. The highest BCUT2D eigenvalue weighted by atomic mass is 16.6. The van der Waals surface area contributed by atoms with Gasteiger partial charge in [-0.05, 0) is 38.5 Å². The van der Waals surface area contributed by atoms with E-state index >= 15 is 0 Å². The van der Waals surface area contributed by atoms with Crippen molar-refractivity contribution in [3.05, 3.63) is 30.6 Å². The fourth-order valence-corrected chi connectivity index (χ4v) is 3.50. The van der Waals surface area contributed by atoms with E-state index in [1.807, 2.05) is 19.1 Å². The smallest absolute Gasteiger partial charge is 0.414 e. The Bertz CT molecular complexity index is 1020. The molecule has 1 atom stereocenters. The third kappa shape index (κ3) is 4.68. The van der Waals surface area contributed by atoms with Gasteiger partial charge in [-0.25, -0.2) is 9.59 Å². The molecule has 0 N–H and O–H groups in total. The Hall–Kier alpha value is -3.56. The number of hydrogen-bond acceptors (Lipinski definition) is 6. The van der Waals surface area contributed by atoms with Crippen molar-refractivity contribution in [2.75, 3.05) is 37.5 Å². The van der Waals surface area contributed by atoms with Crippen LogP contribution in [0.25, 0.3) is 11.1 Å². The van der Waals surface area contributed by atoms with Gasteiger partial charge in [-0.3, -0.25) is 19.3 Å². The Labute approximate surface area is 187 Å². The molecule has 2 heterocycles. The van der Waals surface area contributed by atoms with E-state index in [1.54, 1.807) is 51.1 Å². The lowest BCUT2D eigenvalue weighted by molar-refractivity contribution is -0.129. The maximum absolute atomic E-state index is 12.8. The highest BCUT2D eigenvalue weighted by Crippen LogP contribution is 2.39. The van der Waals surface area contributed by atoms with Crippen LogP contribution in [0.4, 0.5) is 21.0 Å². The van der Waals surface area contributed by atoms with Gasteiger partial charge in [0.1, 0.15) is 6.54 Å². The largest absolute Gasteiger partial charge is 0.452 e. The fraction of sp³-hybridized carbons (Fsp3) is 0.455. The van der Waals surface area contributed by atoms with Crippen molar-refractivity contribution in [3.63, 3.8) is 0 Å². The van der Waals surface area contributed by atoms with Crippen molar-refractivity contribution >= 4 is 29.5 Å². The number of nitrogens with zero attached hydrogens (tertiary/aromatic N) is 5. The van der Waals surface area contributed by atoms with Gasteiger partial charge in [-0.15, -0.1) is 0 Å². The van der Waals surface area contributed by atoms with Crippen molar-refractivity contribution in [3.8, 4) is 11.1 Å². The van der Waals surface area contributed by atoms with E-state index in [2.05, 4.69) is 5.10 Å². The maximum atomic E-state index is 12.8. The first-order valence-corrected chi connectivity index (χ1v) is 10.3. The number of amides is 3. The van der Waals surface area contributed by atoms with Gasteiger partial charge >= 0.3 is 12.2 Å². The number of carbonyl (C=O) groups excluding carboxylic acids is 3. The Balaban J connectivity index is 2.01. The number of anilines is 2. The van der Waals surface area contributed by atoms with E-state index in [-0.39, 0.29) is 31.1 Å². The number of ether oxygens (including phenoxy) is 2. The van der Waals surface area contributed by atoms with Crippen LogP contribution in [0.15, 0.2) is 30.6 Å². The Kier molecular flexibility index (Phi) is 6.71. The van der Waals surface area contributed by atoms with Crippen LogP contribution in [-0.2, 0) is 20.8 Å². The molecule has 0 spiro atoms. The molecule has 1 aromatic carbocycles. The first kappa shape index (κ1) is 23.1. The van der Waals surface area contributed by atoms with Crippen LogP contribution in [0.1, 0.15) is 20.8 Å². The van der Waals surface area contributed by atoms with E-state index < -0.39 is 12.2 Å². The number of likely N-dealkylation sites (N-methyl/N-ethyl adjacent to an activating group) is 1. The lowest BCUT2D eigenvalue weighted by Gasteiger charge is -2.40. The zero-order valence-corrected chi connectivity index (χ0v) is 19.2. The standard InChI is InChI=1S/C22H29N5O5/c1-14(2)32-21(29)26-11-15(3)27(22(30)31-6)18-8-7-16(9-19(18)26)17-10-23-25(12-17)13-20(28)24(4)5/h7-10,12,14-15H,11,13H2,1-6H3. The third-order valence-corrected chi connectivity index (χ3v) is 5.10. The highest BCUT2D eigenvalue weighted by molar-refractivity contribution is 6.01. The van der Waals surface area contributed by atoms with E-state index in [4.69, 9.17) is 9.47 Å². The van der Waals surface area contributed by atoms with Crippen LogP contribution < -0.4 is 9.80 Å². The predicted octanol–water partition coefficient (Wildman–Crippen LogP) is 2.96. The van der Waals surface area contributed by atoms with Gasteiger partial charge in [0.2, 0.25) is 5.91 Å². The summed E-state index contributed by atoms with van der Waals surface area (Å²) in [7, 11) is 4.70. The molecule has 3 rings (SSSR count). The summed E-state index contributed by atoms with van der Waals surface area (Å²) in [5, 5.41) is 4.27. The van der Waals surface area contributed by atoms with Crippen LogP contribution in [0.3, 0.4) is 0 Å². The minimum Gasteiger partial charge on any atom is -0.452 e. The molecule has 0 radical (unpaired) electrons. The molecule has 172 valence electrons. The summed E-state index contributed by atoms with van der Waals surface area (Å²) in [6, 6.07) is 5.12. The van der Waals surface area contributed by atoms with Crippen LogP contribution in [0.2, 0.25) is 0 Å². The summed E-state index contributed by atoms with van der Waals surface area (Å²) >= 11 is 0. The Morgan fingerprint density at radius 2 is 1.88 bits per heavy atom. The first-order valence-electron chi connectivity index (χ1n) is 10.3. The molecule has 1 unspecified atom stereocenters. The average molecular weight is 444 g/mol. The molecule has 0 saturated carbocycles. The Morgan fingerprint density at radius 3 is 2.50 bits per heavy atom. The zero-order chi connectivity index (χ0) is 23.6. The quantitative estimate of drug-likeness (QED) is 0.721. The van der Waals surface area contributed by atoms with Crippen molar-refractivity contribution in [2.45, 2.75) is 39.5 Å². The Morgan fingerprint density at radius 1 is 1.16 bits per heavy atom. The molecule has 1 aliphatic heterocycles. The zero-order valence-electron chi connectivity index (χ0n) is 19.2. The van der Waals surface area contributed by atoms with Crippen LogP contribution >= 0.6 is 0 Å². The van der Waals surface area contributed by atoms with Gasteiger partial charge < -0.3 is 14.4 Å². The van der Waals surface area contributed by atoms with Gasteiger partial charge in [-0.1, -0.05) is 6.07 Å². The molecular weight excluding hydrogens is 414 g/mol. The summed E-state index contributed by atoms with van der Waals surface area (Å²) in [5.74, 6) is -0.0737. The van der Waals surface area contributed by atoms with E-state index in [1.165, 1.54) is 21.8 Å². The topological polar surface area (TPSA) is 97.2 Å². The molecule has 10 nitrogen and oxygen atoms in total. The number of hydrogen-bond donors (Lipinski definition) is 0. The summed E-state index contributed by atoms with van der Waals surface area (Å²) in [4.78, 5) is 41.8. The van der Waals surface area contributed by atoms with Gasteiger partial charge in [0.25, 0.3) is 0 Å². The maximum Gasteiger partial charge on any atom is 0.414 e. The van der Waals surface area contributed by atoms with E-state index in [0.717, 1.165) is 11.1 Å². The molecule has 32 heavy (non-hydrogen) atoms. The number of carbonyl (C=O) groups is 3.